The van der Waals surface area contributed by atoms with Gasteiger partial charge in [-0.3, -0.25) is 0 Å². The van der Waals surface area contributed by atoms with Gasteiger partial charge < -0.3 is 15.0 Å². The molecule has 1 aromatic rings. The fraction of sp³-hybridized carbons (Fsp3) is 0.571. The van der Waals surface area contributed by atoms with Crippen molar-refractivity contribution in [2.24, 2.45) is 0 Å². The van der Waals surface area contributed by atoms with Crippen LogP contribution in [0, 0.1) is 0 Å². The van der Waals surface area contributed by atoms with Crippen LogP contribution in [0.5, 0.6) is 0 Å². The summed E-state index contributed by atoms with van der Waals surface area (Å²) in [6.07, 6.45) is 2.12. The second-order valence-corrected chi connectivity index (χ2v) is 3.50. The molecule has 0 bridgehead atoms. The molecular weight excluding hydrogens is 224 g/mol. The molecule has 2 N–H and O–H groups in total. The Morgan fingerprint density at radius 2 is 2.42 bits per heavy atom. The van der Waals surface area contributed by atoms with Gasteiger partial charge in [0.05, 0.1) is 11.7 Å². The van der Waals surface area contributed by atoms with Crippen LogP contribution in [-0.2, 0) is 4.74 Å². The van der Waals surface area contributed by atoms with E-state index in [9.17, 15) is 0 Å². The molecule has 1 atom stereocenters. The molecule has 0 saturated carbocycles. The number of nitrogens with two attached hydrogens (primary N) is 1. The fourth-order valence-electron chi connectivity index (χ4n) is 1.39. The molecule has 12 heavy (non-hydrogen) atoms. The highest BCUT2D eigenvalue weighted by atomic mass is 79.9. The smallest absolute Gasteiger partial charge is 0.229 e. The number of nitrogens with zero attached hydrogens (tertiary/aromatic N) is 1. The number of rotatable bonds is 1. The van der Waals surface area contributed by atoms with Crippen LogP contribution in [0.3, 0.4) is 0 Å². The molecule has 1 aliphatic heterocycles. The lowest BCUT2D eigenvalue weighted by atomic mass is 10.1. The Hall–Kier alpha value is -0.550. The monoisotopic (exact) mass is 232 g/mol. The molecule has 0 radical (unpaired) electrons. The van der Waals surface area contributed by atoms with Crippen LogP contribution >= 0.6 is 15.9 Å². The zero-order chi connectivity index (χ0) is 8.55. The lowest BCUT2D eigenvalue weighted by Crippen LogP contribution is -1.98. The Bertz CT molecular complexity index is 261. The van der Waals surface area contributed by atoms with E-state index in [-0.39, 0.29) is 6.10 Å². The van der Waals surface area contributed by atoms with Gasteiger partial charge in [0.1, 0.15) is 0 Å². The van der Waals surface area contributed by atoms with Crippen LogP contribution < -0.4 is 5.73 Å². The molecule has 66 valence electrons. The minimum atomic E-state index is 0.0608. The summed E-state index contributed by atoms with van der Waals surface area (Å²) in [5, 5.41) is 3.70. The molecule has 1 saturated heterocycles. The normalized spacial score (nSPS) is 23.2. The maximum Gasteiger partial charge on any atom is 0.229 e. The molecule has 0 aliphatic carbocycles. The first-order valence-corrected chi connectivity index (χ1v) is 4.60. The molecule has 0 amide bonds. The molecule has 1 unspecified atom stereocenters. The van der Waals surface area contributed by atoms with E-state index >= 15 is 0 Å². The third-order valence-corrected chi connectivity index (χ3v) is 2.54. The predicted octanol–water partition coefficient (Wildman–Crippen LogP) is 1.87. The number of halogens is 1. The van der Waals surface area contributed by atoms with Crippen LogP contribution in [-0.4, -0.2) is 11.8 Å². The van der Waals surface area contributed by atoms with Gasteiger partial charge in [-0.15, -0.1) is 0 Å². The molecule has 1 aromatic heterocycles. The van der Waals surface area contributed by atoms with Crippen molar-refractivity contribution in [3.05, 3.63) is 10.2 Å². The fourth-order valence-corrected chi connectivity index (χ4v) is 1.91. The van der Waals surface area contributed by atoms with Gasteiger partial charge in [0, 0.05) is 6.61 Å². The highest BCUT2D eigenvalue weighted by molar-refractivity contribution is 9.10. The topological polar surface area (TPSA) is 61.3 Å². The van der Waals surface area contributed by atoms with E-state index in [0.29, 0.717) is 10.5 Å². The number of hydrogen-bond acceptors (Lipinski definition) is 4. The SMILES string of the molecule is Nc1onc(Br)c1C1CCCO1. The molecule has 1 aliphatic rings. The van der Waals surface area contributed by atoms with Gasteiger partial charge in [0.15, 0.2) is 4.60 Å². The molecule has 4 nitrogen and oxygen atoms in total. The third kappa shape index (κ3) is 1.23. The maximum atomic E-state index is 5.58. The second kappa shape index (κ2) is 3.06. The van der Waals surface area contributed by atoms with E-state index in [1.807, 2.05) is 0 Å². The lowest BCUT2D eigenvalue weighted by Gasteiger charge is -2.06. The van der Waals surface area contributed by atoms with Crippen molar-refractivity contribution in [1.29, 1.82) is 0 Å². The van der Waals surface area contributed by atoms with Gasteiger partial charge >= 0.3 is 0 Å². The van der Waals surface area contributed by atoms with Crippen molar-refractivity contribution in [3.8, 4) is 0 Å². The van der Waals surface area contributed by atoms with E-state index in [1.165, 1.54) is 0 Å². The molecule has 1 fully saturated rings. The molecule has 2 heterocycles. The van der Waals surface area contributed by atoms with Gasteiger partial charge in [0.25, 0.3) is 0 Å². The number of ether oxygens (including phenoxy) is 1. The predicted molar refractivity (Wildman–Crippen MR) is 46.5 cm³/mol. The lowest BCUT2D eigenvalue weighted by molar-refractivity contribution is 0.111. The quantitative estimate of drug-likeness (QED) is 0.804. The third-order valence-electron chi connectivity index (χ3n) is 1.96. The minimum absolute atomic E-state index is 0.0608. The van der Waals surface area contributed by atoms with Gasteiger partial charge in [-0.2, -0.15) is 0 Å². The molecule has 2 rings (SSSR count). The van der Waals surface area contributed by atoms with Gasteiger partial charge in [0.2, 0.25) is 5.88 Å². The summed E-state index contributed by atoms with van der Waals surface area (Å²) in [6.45, 7) is 0.793. The highest BCUT2D eigenvalue weighted by Crippen LogP contribution is 2.36. The van der Waals surface area contributed by atoms with Crippen molar-refractivity contribution in [2.45, 2.75) is 18.9 Å². The van der Waals surface area contributed by atoms with Gasteiger partial charge in [-0.05, 0) is 28.8 Å². The average Bonchev–Trinajstić information content (AvgIpc) is 2.61. The van der Waals surface area contributed by atoms with Crippen molar-refractivity contribution in [3.63, 3.8) is 0 Å². The summed E-state index contributed by atoms with van der Waals surface area (Å²) < 4.78 is 10.9. The van der Waals surface area contributed by atoms with Crippen LogP contribution in [0.4, 0.5) is 5.88 Å². The van der Waals surface area contributed by atoms with E-state index in [2.05, 4.69) is 21.1 Å². The minimum Gasteiger partial charge on any atom is -0.373 e. The van der Waals surface area contributed by atoms with Crippen molar-refractivity contribution >= 4 is 21.8 Å². The Kier molecular flexibility index (Phi) is 2.06. The van der Waals surface area contributed by atoms with Crippen molar-refractivity contribution in [2.75, 3.05) is 12.3 Å². The number of aromatic nitrogens is 1. The molecule has 0 spiro atoms. The summed E-state index contributed by atoms with van der Waals surface area (Å²) in [7, 11) is 0. The average molecular weight is 233 g/mol. The van der Waals surface area contributed by atoms with E-state index < -0.39 is 0 Å². The Labute approximate surface area is 78.2 Å². The number of anilines is 1. The maximum absolute atomic E-state index is 5.58. The van der Waals surface area contributed by atoms with E-state index in [1.54, 1.807) is 0 Å². The van der Waals surface area contributed by atoms with Crippen molar-refractivity contribution < 1.29 is 9.26 Å². The highest BCUT2D eigenvalue weighted by Gasteiger charge is 2.25. The van der Waals surface area contributed by atoms with Crippen molar-refractivity contribution in [1.82, 2.24) is 5.16 Å². The zero-order valence-electron chi connectivity index (χ0n) is 6.42. The first-order valence-electron chi connectivity index (χ1n) is 3.81. The number of hydrogen-bond donors (Lipinski definition) is 1. The van der Waals surface area contributed by atoms with Gasteiger partial charge in [-0.25, -0.2) is 0 Å². The largest absolute Gasteiger partial charge is 0.373 e. The summed E-state index contributed by atoms with van der Waals surface area (Å²) in [4.78, 5) is 0. The molecule has 0 aromatic carbocycles. The van der Waals surface area contributed by atoms with Gasteiger partial charge in [-0.1, -0.05) is 5.16 Å². The van der Waals surface area contributed by atoms with Crippen LogP contribution in [0.15, 0.2) is 9.13 Å². The summed E-state index contributed by atoms with van der Waals surface area (Å²) in [5.41, 5.74) is 6.44. The standard InChI is InChI=1S/C7H9BrN2O2/c8-6-5(7(9)12-10-6)4-2-1-3-11-4/h4H,1-3,9H2. The molecular formula is C7H9BrN2O2. The Morgan fingerprint density at radius 1 is 1.58 bits per heavy atom. The van der Waals surface area contributed by atoms with Crippen LogP contribution in [0.2, 0.25) is 0 Å². The van der Waals surface area contributed by atoms with E-state index in [4.69, 9.17) is 15.0 Å². The Balaban J connectivity index is 2.30. The van der Waals surface area contributed by atoms with E-state index in [0.717, 1.165) is 25.0 Å². The second-order valence-electron chi connectivity index (χ2n) is 2.75. The summed E-state index contributed by atoms with van der Waals surface area (Å²) in [6, 6.07) is 0. The van der Waals surface area contributed by atoms with Crippen LogP contribution in [0.1, 0.15) is 24.5 Å². The number of nitrogen functional groups attached to an aromatic ring is 1. The summed E-state index contributed by atoms with van der Waals surface area (Å²) in [5.74, 6) is 0.355. The molecule has 5 heteroatoms. The van der Waals surface area contributed by atoms with Crippen LogP contribution in [0.25, 0.3) is 0 Å². The summed E-state index contributed by atoms with van der Waals surface area (Å²) >= 11 is 3.26. The first kappa shape index (κ1) is 8.07. The first-order chi connectivity index (χ1) is 5.79. The zero-order valence-corrected chi connectivity index (χ0v) is 8.00. The Morgan fingerprint density at radius 3 is 2.92 bits per heavy atom.